The highest BCUT2D eigenvalue weighted by atomic mass is 16.3. The molecule has 0 bridgehead atoms. The van der Waals surface area contributed by atoms with Gasteiger partial charge in [0.15, 0.2) is 0 Å². The van der Waals surface area contributed by atoms with Crippen molar-refractivity contribution in [1.29, 1.82) is 0 Å². The third kappa shape index (κ3) is 1.02. The molecule has 1 heterocycles. The standard InChI is InChI=1S/C15H13NO/c17-15-9-16-8-10-4-3-6-12(14(10)15)11-5-1-2-7-13(11)15/h1-7,16-17H,8-9H2/t15-/m0/s1. The molecule has 2 nitrogen and oxygen atoms in total. The van der Waals surface area contributed by atoms with Crippen molar-refractivity contribution >= 4 is 0 Å². The average molecular weight is 223 g/mol. The van der Waals surface area contributed by atoms with Gasteiger partial charge in [-0.15, -0.1) is 0 Å². The number of rotatable bonds is 0. The molecule has 0 saturated heterocycles. The van der Waals surface area contributed by atoms with Gasteiger partial charge < -0.3 is 10.4 Å². The van der Waals surface area contributed by atoms with Crippen molar-refractivity contribution in [2.24, 2.45) is 0 Å². The lowest BCUT2D eigenvalue weighted by Crippen LogP contribution is -2.42. The molecule has 2 aromatic carbocycles. The van der Waals surface area contributed by atoms with Crippen LogP contribution in [0.2, 0.25) is 0 Å². The third-order valence-corrected chi connectivity index (χ3v) is 3.92. The number of nitrogens with one attached hydrogen (secondary N) is 1. The smallest absolute Gasteiger partial charge is 0.128 e. The Kier molecular flexibility index (Phi) is 1.64. The van der Waals surface area contributed by atoms with Crippen molar-refractivity contribution in [3.8, 4) is 11.1 Å². The summed E-state index contributed by atoms with van der Waals surface area (Å²) < 4.78 is 0. The van der Waals surface area contributed by atoms with Crippen molar-refractivity contribution in [3.05, 3.63) is 59.2 Å². The van der Waals surface area contributed by atoms with E-state index < -0.39 is 5.60 Å². The van der Waals surface area contributed by atoms with Gasteiger partial charge >= 0.3 is 0 Å². The molecule has 2 N–H and O–H groups in total. The van der Waals surface area contributed by atoms with Crippen molar-refractivity contribution in [3.63, 3.8) is 0 Å². The average Bonchev–Trinajstić information content (AvgIpc) is 2.63. The van der Waals surface area contributed by atoms with Crippen LogP contribution in [-0.4, -0.2) is 11.7 Å². The van der Waals surface area contributed by atoms with Crippen LogP contribution in [0.3, 0.4) is 0 Å². The highest BCUT2D eigenvalue weighted by Crippen LogP contribution is 2.49. The summed E-state index contributed by atoms with van der Waals surface area (Å²) >= 11 is 0. The molecule has 0 spiro atoms. The fourth-order valence-electron chi connectivity index (χ4n) is 3.24. The summed E-state index contributed by atoms with van der Waals surface area (Å²) in [5.41, 5.74) is 4.90. The van der Waals surface area contributed by atoms with E-state index in [1.165, 1.54) is 16.7 Å². The summed E-state index contributed by atoms with van der Waals surface area (Å²) in [6, 6.07) is 14.4. The summed E-state index contributed by atoms with van der Waals surface area (Å²) in [7, 11) is 0. The second-order valence-electron chi connectivity index (χ2n) is 4.85. The third-order valence-electron chi connectivity index (χ3n) is 3.92. The maximum atomic E-state index is 11.0. The lowest BCUT2D eigenvalue weighted by molar-refractivity contribution is 0.0764. The van der Waals surface area contributed by atoms with Gasteiger partial charge in [0.1, 0.15) is 5.60 Å². The number of benzene rings is 2. The highest BCUT2D eigenvalue weighted by Gasteiger charge is 2.44. The minimum absolute atomic E-state index is 0.605. The molecule has 2 heteroatoms. The SMILES string of the molecule is O[C@]12CNCc3cccc(c31)-c1ccccc12. The first-order chi connectivity index (χ1) is 8.31. The zero-order valence-electron chi connectivity index (χ0n) is 9.40. The summed E-state index contributed by atoms with van der Waals surface area (Å²) in [5, 5.41) is 14.3. The first-order valence-corrected chi connectivity index (χ1v) is 5.96. The number of β-amino-alcohol motifs (C(OH)–C–C–N with tert-alkyl or cyclic N) is 1. The quantitative estimate of drug-likeness (QED) is 0.716. The first-order valence-electron chi connectivity index (χ1n) is 5.96. The van der Waals surface area contributed by atoms with Gasteiger partial charge in [0.25, 0.3) is 0 Å². The molecular weight excluding hydrogens is 210 g/mol. The van der Waals surface area contributed by atoms with E-state index >= 15 is 0 Å². The van der Waals surface area contributed by atoms with Crippen LogP contribution < -0.4 is 5.32 Å². The van der Waals surface area contributed by atoms with E-state index in [4.69, 9.17) is 0 Å². The maximum absolute atomic E-state index is 11.0. The second kappa shape index (κ2) is 2.97. The fraction of sp³-hybridized carbons (Fsp3) is 0.200. The molecule has 84 valence electrons. The van der Waals surface area contributed by atoms with E-state index in [2.05, 4.69) is 29.6 Å². The first kappa shape index (κ1) is 9.40. The van der Waals surface area contributed by atoms with Gasteiger partial charge in [-0.2, -0.15) is 0 Å². The molecule has 1 aliphatic heterocycles. The van der Waals surface area contributed by atoms with E-state index in [9.17, 15) is 5.11 Å². The van der Waals surface area contributed by atoms with Gasteiger partial charge in [-0.3, -0.25) is 0 Å². The summed E-state index contributed by atoms with van der Waals surface area (Å²) in [6.07, 6.45) is 0. The fourth-order valence-corrected chi connectivity index (χ4v) is 3.24. The molecule has 1 atom stereocenters. The molecule has 0 fully saturated rings. The van der Waals surface area contributed by atoms with Gasteiger partial charge in [-0.1, -0.05) is 42.5 Å². The summed E-state index contributed by atoms with van der Waals surface area (Å²) in [4.78, 5) is 0. The van der Waals surface area contributed by atoms with Crippen LogP contribution in [0, 0.1) is 0 Å². The lowest BCUT2D eigenvalue weighted by Gasteiger charge is -2.32. The molecule has 2 aliphatic rings. The Bertz CT molecular complexity index is 620. The maximum Gasteiger partial charge on any atom is 0.128 e. The normalized spacial score (nSPS) is 24.3. The minimum atomic E-state index is -0.833. The number of aliphatic hydroxyl groups is 1. The Hall–Kier alpha value is -1.64. The Morgan fingerprint density at radius 1 is 1.00 bits per heavy atom. The molecule has 0 amide bonds. The van der Waals surface area contributed by atoms with E-state index in [1.807, 2.05) is 18.2 Å². The van der Waals surface area contributed by atoms with Gasteiger partial charge in [-0.25, -0.2) is 0 Å². The molecule has 4 rings (SSSR count). The predicted octanol–water partition coefficient (Wildman–Crippen LogP) is 2.01. The van der Waals surface area contributed by atoms with E-state index in [1.54, 1.807) is 0 Å². The van der Waals surface area contributed by atoms with Gasteiger partial charge in [0.05, 0.1) is 0 Å². The second-order valence-corrected chi connectivity index (χ2v) is 4.85. The molecule has 2 aromatic rings. The van der Waals surface area contributed by atoms with Gasteiger partial charge in [0.2, 0.25) is 0 Å². The molecule has 0 unspecified atom stereocenters. The van der Waals surface area contributed by atoms with Crippen molar-refractivity contribution < 1.29 is 5.11 Å². The predicted molar refractivity (Wildman–Crippen MR) is 66.6 cm³/mol. The Morgan fingerprint density at radius 2 is 1.82 bits per heavy atom. The molecule has 1 aliphatic carbocycles. The van der Waals surface area contributed by atoms with Crippen LogP contribution >= 0.6 is 0 Å². The number of hydrogen-bond donors (Lipinski definition) is 2. The molecule has 0 aromatic heterocycles. The molecular formula is C15H13NO. The summed E-state index contributed by atoms with van der Waals surface area (Å²) in [5.74, 6) is 0. The zero-order chi connectivity index (χ0) is 11.5. The Labute approximate surface area is 99.9 Å². The molecule has 0 radical (unpaired) electrons. The largest absolute Gasteiger partial charge is 0.379 e. The number of hydrogen-bond acceptors (Lipinski definition) is 2. The van der Waals surface area contributed by atoms with Crippen molar-refractivity contribution in [2.75, 3.05) is 6.54 Å². The summed E-state index contributed by atoms with van der Waals surface area (Å²) in [6.45, 7) is 1.45. The number of fused-ring (bicyclic) bond motifs is 3. The van der Waals surface area contributed by atoms with Crippen LogP contribution in [-0.2, 0) is 12.1 Å². The van der Waals surface area contributed by atoms with Crippen LogP contribution in [0.25, 0.3) is 11.1 Å². The topological polar surface area (TPSA) is 32.3 Å². The van der Waals surface area contributed by atoms with E-state index in [-0.39, 0.29) is 0 Å². The van der Waals surface area contributed by atoms with Crippen molar-refractivity contribution in [2.45, 2.75) is 12.1 Å². The van der Waals surface area contributed by atoms with Crippen LogP contribution in [0.4, 0.5) is 0 Å². The monoisotopic (exact) mass is 223 g/mol. The van der Waals surface area contributed by atoms with E-state index in [0.29, 0.717) is 6.54 Å². The van der Waals surface area contributed by atoms with Crippen LogP contribution in [0.15, 0.2) is 42.5 Å². The minimum Gasteiger partial charge on any atom is -0.379 e. The molecule has 0 saturated carbocycles. The Morgan fingerprint density at radius 3 is 2.76 bits per heavy atom. The van der Waals surface area contributed by atoms with E-state index in [0.717, 1.165) is 17.7 Å². The lowest BCUT2D eigenvalue weighted by atomic mass is 9.85. The molecule has 17 heavy (non-hydrogen) atoms. The van der Waals surface area contributed by atoms with Gasteiger partial charge in [0, 0.05) is 18.7 Å². The van der Waals surface area contributed by atoms with Crippen LogP contribution in [0.5, 0.6) is 0 Å². The highest BCUT2D eigenvalue weighted by molar-refractivity contribution is 5.81. The van der Waals surface area contributed by atoms with Crippen molar-refractivity contribution in [1.82, 2.24) is 5.32 Å². The Balaban J connectivity index is 2.16. The van der Waals surface area contributed by atoms with Crippen LogP contribution in [0.1, 0.15) is 16.7 Å². The van der Waals surface area contributed by atoms with Gasteiger partial charge in [-0.05, 0) is 22.3 Å². The zero-order valence-corrected chi connectivity index (χ0v) is 9.40.